The largest absolute Gasteiger partial charge is 0.0919 e. The summed E-state index contributed by atoms with van der Waals surface area (Å²) in [4.78, 5) is 0. The molecule has 0 spiro atoms. The Morgan fingerprint density at radius 2 is 2.00 bits per heavy atom. The SMILES string of the molecule is BrC1=CI=Cc2ccccc21. The lowest BCUT2D eigenvalue weighted by molar-refractivity contribution is 1.63. The van der Waals surface area contributed by atoms with Crippen LogP contribution in [0.5, 0.6) is 0 Å². The molecule has 56 valence electrons. The van der Waals surface area contributed by atoms with Crippen molar-refractivity contribution in [1.29, 1.82) is 0 Å². The second kappa shape index (κ2) is 3.19. The molecule has 2 heteroatoms. The fourth-order valence-electron chi connectivity index (χ4n) is 1.02. The highest BCUT2D eigenvalue weighted by molar-refractivity contribution is 14.2. The molecule has 0 radical (unpaired) electrons. The van der Waals surface area contributed by atoms with E-state index < -0.39 is 0 Å². The summed E-state index contributed by atoms with van der Waals surface area (Å²) in [6.07, 6.45) is 0. The van der Waals surface area contributed by atoms with Crippen LogP contribution in [0.15, 0.2) is 28.3 Å². The van der Waals surface area contributed by atoms with Crippen molar-refractivity contribution >= 4 is 45.2 Å². The highest BCUT2D eigenvalue weighted by atomic mass is 127. The minimum Gasteiger partial charge on any atom is -0.0919 e. The first-order chi connectivity index (χ1) is 5.38. The van der Waals surface area contributed by atoms with Crippen LogP contribution < -0.4 is 0 Å². The lowest BCUT2D eigenvalue weighted by Gasteiger charge is -2.06. The first kappa shape index (κ1) is 7.68. The molecule has 0 saturated carbocycles. The van der Waals surface area contributed by atoms with Crippen molar-refractivity contribution in [2.24, 2.45) is 0 Å². The van der Waals surface area contributed by atoms with Crippen LogP contribution >= 0.6 is 36.7 Å². The van der Waals surface area contributed by atoms with E-state index in [1.54, 1.807) is 0 Å². The van der Waals surface area contributed by atoms with E-state index in [4.69, 9.17) is 0 Å². The van der Waals surface area contributed by atoms with Crippen LogP contribution in [0, 0.1) is 0 Å². The van der Waals surface area contributed by atoms with E-state index in [1.165, 1.54) is 15.6 Å². The molecular formula is C9H6BrI. The van der Waals surface area contributed by atoms with Crippen molar-refractivity contribution < 1.29 is 0 Å². The summed E-state index contributed by atoms with van der Waals surface area (Å²) in [5.41, 5.74) is 2.72. The van der Waals surface area contributed by atoms with Crippen LogP contribution in [0.3, 0.4) is 0 Å². The topological polar surface area (TPSA) is 0 Å². The van der Waals surface area contributed by atoms with Gasteiger partial charge in [-0.2, -0.15) is 0 Å². The lowest BCUT2D eigenvalue weighted by Crippen LogP contribution is -1.88. The zero-order valence-electron chi connectivity index (χ0n) is 5.72. The third-order valence-corrected chi connectivity index (χ3v) is 5.08. The summed E-state index contributed by atoms with van der Waals surface area (Å²) >= 11 is 3.71. The Morgan fingerprint density at radius 3 is 2.82 bits per heavy atom. The maximum absolute atomic E-state index is 3.56. The molecule has 1 aromatic rings. The van der Waals surface area contributed by atoms with Crippen molar-refractivity contribution in [2.75, 3.05) is 0 Å². The molecule has 0 fully saturated rings. The second-order valence-electron chi connectivity index (χ2n) is 2.28. The van der Waals surface area contributed by atoms with Gasteiger partial charge in [0.2, 0.25) is 0 Å². The van der Waals surface area contributed by atoms with Crippen molar-refractivity contribution in [3.05, 3.63) is 39.5 Å². The highest BCUT2D eigenvalue weighted by Gasteiger charge is 2.04. The van der Waals surface area contributed by atoms with Gasteiger partial charge in [-0.25, -0.2) is 0 Å². The van der Waals surface area contributed by atoms with Gasteiger partial charge in [-0.3, -0.25) is 0 Å². The van der Waals surface area contributed by atoms with Gasteiger partial charge in [0.1, 0.15) is 0 Å². The molecule has 0 saturated heterocycles. The van der Waals surface area contributed by atoms with E-state index in [-0.39, 0.29) is 20.7 Å². The minimum absolute atomic E-state index is 0.152. The van der Waals surface area contributed by atoms with Crippen LogP contribution in [0.25, 0.3) is 4.48 Å². The molecule has 0 nitrogen and oxygen atoms in total. The number of fused-ring (bicyclic) bond motifs is 1. The van der Waals surface area contributed by atoms with E-state index in [1.807, 2.05) is 0 Å². The van der Waals surface area contributed by atoms with Gasteiger partial charge < -0.3 is 0 Å². The average molecular weight is 321 g/mol. The highest BCUT2D eigenvalue weighted by Crippen LogP contribution is 2.30. The maximum atomic E-state index is 3.56. The number of rotatable bonds is 0. The third-order valence-electron chi connectivity index (χ3n) is 1.56. The van der Waals surface area contributed by atoms with Gasteiger partial charge in [0.05, 0.1) is 0 Å². The van der Waals surface area contributed by atoms with Crippen LogP contribution in [0.4, 0.5) is 0 Å². The molecule has 1 aliphatic rings. The van der Waals surface area contributed by atoms with Crippen molar-refractivity contribution in [3.8, 4) is 0 Å². The normalized spacial score (nSPS) is 14.8. The number of benzene rings is 1. The Hall–Kier alpha value is 0.0400. The molecule has 1 heterocycles. The van der Waals surface area contributed by atoms with Gasteiger partial charge in [-0.15, -0.1) is 0 Å². The summed E-state index contributed by atoms with van der Waals surface area (Å²) in [6, 6.07) is 8.48. The van der Waals surface area contributed by atoms with E-state index in [0.717, 1.165) is 0 Å². The summed E-state index contributed by atoms with van der Waals surface area (Å²) in [5.74, 6) is 0. The van der Waals surface area contributed by atoms with Crippen molar-refractivity contribution in [2.45, 2.75) is 0 Å². The molecule has 0 atom stereocenters. The first-order valence-electron chi connectivity index (χ1n) is 3.28. The molecule has 0 bridgehead atoms. The average Bonchev–Trinajstić information content (AvgIpc) is 2.06. The monoisotopic (exact) mass is 320 g/mol. The molecular weight excluding hydrogens is 315 g/mol. The van der Waals surface area contributed by atoms with Gasteiger partial charge in [0, 0.05) is 4.48 Å². The van der Waals surface area contributed by atoms with Gasteiger partial charge in [-0.1, -0.05) is 45.0 Å². The molecule has 1 aliphatic heterocycles. The van der Waals surface area contributed by atoms with Crippen LogP contribution in [0.1, 0.15) is 11.1 Å². The molecule has 1 aromatic carbocycles. The Morgan fingerprint density at radius 1 is 1.18 bits per heavy atom. The van der Waals surface area contributed by atoms with E-state index in [9.17, 15) is 0 Å². The van der Waals surface area contributed by atoms with Crippen LogP contribution in [-0.4, -0.2) is 4.01 Å². The van der Waals surface area contributed by atoms with Crippen molar-refractivity contribution in [1.82, 2.24) is 0 Å². The summed E-state index contributed by atoms with van der Waals surface area (Å²) in [5, 5.41) is 0. The van der Waals surface area contributed by atoms with Gasteiger partial charge in [0.15, 0.2) is 0 Å². The molecule has 0 amide bonds. The fourth-order valence-corrected chi connectivity index (χ4v) is 3.82. The van der Waals surface area contributed by atoms with Gasteiger partial charge in [0.25, 0.3) is 0 Å². The van der Waals surface area contributed by atoms with Crippen LogP contribution in [0.2, 0.25) is 0 Å². The molecule has 0 unspecified atom stereocenters. The number of hydrogen-bond donors (Lipinski definition) is 0. The number of halogens is 2. The molecule has 0 aromatic heterocycles. The van der Waals surface area contributed by atoms with Crippen molar-refractivity contribution in [3.63, 3.8) is 0 Å². The molecule has 2 rings (SSSR count). The van der Waals surface area contributed by atoms with Gasteiger partial charge in [-0.05, 0) is 35.2 Å². The summed E-state index contributed by atoms with van der Waals surface area (Å²) in [7, 11) is 0. The minimum atomic E-state index is 0.152. The predicted octanol–water partition coefficient (Wildman–Crippen LogP) is 3.51. The van der Waals surface area contributed by atoms with E-state index in [2.05, 4.69) is 48.3 Å². The van der Waals surface area contributed by atoms with Gasteiger partial charge >= 0.3 is 0 Å². The standard InChI is InChI=1S/C9H6BrI/c10-9-6-11-5-7-3-1-2-4-8(7)9/h1-6H. The molecule has 0 aliphatic carbocycles. The summed E-state index contributed by atoms with van der Waals surface area (Å²) < 4.78 is 5.91. The zero-order chi connectivity index (χ0) is 7.68. The Kier molecular flexibility index (Phi) is 2.23. The lowest BCUT2D eigenvalue weighted by atomic mass is 10.1. The van der Waals surface area contributed by atoms with E-state index >= 15 is 0 Å². The first-order valence-corrected chi connectivity index (χ1v) is 6.56. The quantitative estimate of drug-likeness (QED) is 0.642. The Bertz CT molecular complexity index is 339. The maximum Gasteiger partial charge on any atom is 0.0310 e. The third kappa shape index (κ3) is 1.47. The number of hydrogen-bond acceptors (Lipinski definition) is 0. The Labute approximate surface area is 84.2 Å². The van der Waals surface area contributed by atoms with E-state index in [0.29, 0.717) is 0 Å². The fraction of sp³-hybridized carbons (Fsp3) is 0. The second-order valence-corrected chi connectivity index (χ2v) is 5.10. The Balaban J connectivity index is 2.67. The smallest absolute Gasteiger partial charge is 0.0310 e. The van der Waals surface area contributed by atoms with Crippen LogP contribution in [-0.2, 0) is 0 Å². The zero-order valence-corrected chi connectivity index (χ0v) is 9.46. The molecule has 11 heavy (non-hydrogen) atoms. The summed E-state index contributed by atoms with van der Waals surface area (Å²) in [6.45, 7) is 0. The molecule has 0 N–H and O–H groups in total. The predicted molar refractivity (Wildman–Crippen MR) is 62.5 cm³/mol.